The van der Waals surface area contributed by atoms with Gasteiger partial charge in [-0.1, -0.05) is 84.0 Å². The molecule has 6 heteroatoms. The molecule has 0 bridgehead atoms. The van der Waals surface area contributed by atoms with Crippen LogP contribution in [0.25, 0.3) is 29.1 Å². The number of benzene rings is 7. The van der Waals surface area contributed by atoms with Crippen LogP contribution in [0, 0.1) is 31.8 Å². The minimum atomic E-state index is 0.484. The second kappa shape index (κ2) is 18.2. The van der Waals surface area contributed by atoms with Crippen molar-refractivity contribution >= 4 is 75.5 Å². The van der Waals surface area contributed by atoms with Crippen molar-refractivity contribution in [2.24, 2.45) is 0 Å². The standard InChI is InChI=1S/C54H48N6/c1-39-8-20-48(21-9-39)59(49-22-10-40(2)11-23-49)50-26-16-42(17-27-50)13-19-44-36-45(38-55)43(37-54(44)56-3)18-12-41-14-24-51(25-15-41)60(52-32-28-46(29-33-52)57(4)5)53-34-30-47(31-35-53)58(6)7/h8-37H,1-2,4-7H3. The van der Waals surface area contributed by atoms with Crippen LogP contribution in [-0.4, -0.2) is 28.2 Å². The van der Waals surface area contributed by atoms with E-state index in [4.69, 9.17) is 6.57 Å². The fourth-order valence-corrected chi connectivity index (χ4v) is 7.01. The second-order valence-electron chi connectivity index (χ2n) is 15.2. The molecule has 0 saturated heterocycles. The van der Waals surface area contributed by atoms with Gasteiger partial charge < -0.3 is 19.6 Å². The van der Waals surface area contributed by atoms with E-state index in [0.717, 1.165) is 56.6 Å². The summed E-state index contributed by atoms with van der Waals surface area (Å²) >= 11 is 0. The Hall–Kier alpha value is -7.80. The molecule has 0 spiro atoms. The summed E-state index contributed by atoms with van der Waals surface area (Å²) in [6, 6.07) is 56.9. The van der Waals surface area contributed by atoms with Crippen LogP contribution in [0.2, 0.25) is 0 Å². The quantitative estimate of drug-likeness (QED) is 0.0912. The number of aryl methyl sites for hydroxylation is 2. The highest BCUT2D eigenvalue weighted by atomic mass is 15.2. The van der Waals surface area contributed by atoms with Crippen molar-refractivity contribution in [3.05, 3.63) is 208 Å². The Labute approximate surface area is 355 Å². The predicted molar refractivity (Wildman–Crippen MR) is 256 cm³/mol. The van der Waals surface area contributed by atoms with Gasteiger partial charge in [-0.3, -0.25) is 0 Å². The van der Waals surface area contributed by atoms with Crippen LogP contribution in [0.4, 0.5) is 51.2 Å². The third kappa shape index (κ3) is 9.32. The van der Waals surface area contributed by atoms with Crippen LogP contribution in [-0.2, 0) is 0 Å². The van der Waals surface area contributed by atoms with Gasteiger partial charge in [0.15, 0.2) is 5.69 Å². The molecule has 0 radical (unpaired) electrons. The molecule has 0 amide bonds. The maximum Gasteiger partial charge on any atom is 0.194 e. The molecule has 0 aliphatic heterocycles. The lowest BCUT2D eigenvalue weighted by molar-refractivity contribution is 1.13. The van der Waals surface area contributed by atoms with Crippen molar-refractivity contribution in [1.29, 1.82) is 5.26 Å². The van der Waals surface area contributed by atoms with Crippen LogP contribution in [0.1, 0.15) is 38.9 Å². The van der Waals surface area contributed by atoms with Crippen LogP contribution in [0.5, 0.6) is 0 Å². The SMILES string of the molecule is [C-]#[N+]c1cc(C=Cc2ccc(N(c3ccc(N(C)C)cc3)c3ccc(N(C)C)cc3)cc2)c(C#N)cc1C=Cc1ccc(N(c2ccc(C)cc2)c2ccc(C)cc2)cc1. The van der Waals surface area contributed by atoms with Crippen molar-refractivity contribution in [2.75, 3.05) is 47.8 Å². The molecule has 7 rings (SSSR count). The third-order valence-electron chi connectivity index (χ3n) is 10.5. The molecule has 0 aromatic heterocycles. The minimum absolute atomic E-state index is 0.484. The summed E-state index contributed by atoms with van der Waals surface area (Å²) in [5.41, 5.74) is 15.4. The van der Waals surface area contributed by atoms with Crippen LogP contribution < -0.4 is 19.6 Å². The van der Waals surface area contributed by atoms with E-state index in [1.807, 2.05) is 52.5 Å². The van der Waals surface area contributed by atoms with Gasteiger partial charge in [-0.15, -0.1) is 0 Å². The summed E-state index contributed by atoms with van der Waals surface area (Å²) in [6.07, 6.45) is 7.81. The lowest BCUT2D eigenvalue weighted by Gasteiger charge is -2.27. The number of rotatable bonds is 12. The van der Waals surface area contributed by atoms with E-state index in [9.17, 15) is 5.26 Å². The Morgan fingerprint density at radius 3 is 1.08 bits per heavy atom. The Bertz CT molecular complexity index is 2600. The van der Waals surface area contributed by atoms with E-state index in [1.165, 1.54) is 11.1 Å². The van der Waals surface area contributed by atoms with Gasteiger partial charge in [0.2, 0.25) is 0 Å². The zero-order valence-electron chi connectivity index (χ0n) is 35.0. The lowest BCUT2D eigenvalue weighted by Crippen LogP contribution is -2.12. The molecule has 0 N–H and O–H groups in total. The van der Waals surface area contributed by atoms with Crippen LogP contribution >= 0.6 is 0 Å². The highest BCUT2D eigenvalue weighted by Crippen LogP contribution is 2.38. The fraction of sp³-hybridized carbons (Fsp3) is 0.111. The first-order valence-corrected chi connectivity index (χ1v) is 19.9. The maximum absolute atomic E-state index is 10.2. The largest absolute Gasteiger partial charge is 0.378 e. The molecule has 0 aliphatic carbocycles. The summed E-state index contributed by atoms with van der Waals surface area (Å²) in [7, 11) is 8.17. The highest BCUT2D eigenvalue weighted by Gasteiger charge is 2.15. The van der Waals surface area contributed by atoms with Gasteiger partial charge in [0.05, 0.1) is 18.2 Å². The van der Waals surface area contributed by atoms with Crippen molar-refractivity contribution in [3.8, 4) is 6.07 Å². The molecular weight excluding hydrogens is 733 g/mol. The predicted octanol–water partition coefficient (Wildman–Crippen LogP) is 14.1. The highest BCUT2D eigenvalue weighted by molar-refractivity contribution is 5.85. The van der Waals surface area contributed by atoms with Gasteiger partial charge in [0, 0.05) is 73.7 Å². The maximum atomic E-state index is 10.2. The molecule has 0 heterocycles. The molecule has 0 atom stereocenters. The second-order valence-corrected chi connectivity index (χ2v) is 15.2. The van der Waals surface area contributed by atoms with E-state index in [0.29, 0.717) is 22.4 Å². The number of hydrogen-bond donors (Lipinski definition) is 0. The van der Waals surface area contributed by atoms with Crippen molar-refractivity contribution in [1.82, 2.24) is 0 Å². The molecule has 294 valence electrons. The van der Waals surface area contributed by atoms with Crippen LogP contribution in [0.3, 0.4) is 0 Å². The minimum Gasteiger partial charge on any atom is -0.378 e. The van der Waals surface area contributed by atoms with Crippen molar-refractivity contribution in [2.45, 2.75) is 13.8 Å². The van der Waals surface area contributed by atoms with E-state index >= 15 is 0 Å². The first-order chi connectivity index (χ1) is 29.1. The van der Waals surface area contributed by atoms with E-state index in [-0.39, 0.29) is 0 Å². The number of nitrogens with zero attached hydrogens (tertiary/aromatic N) is 6. The summed E-state index contributed by atoms with van der Waals surface area (Å²) < 4.78 is 0. The Morgan fingerprint density at radius 1 is 0.433 bits per heavy atom. The lowest BCUT2D eigenvalue weighted by atomic mass is 10.0. The van der Waals surface area contributed by atoms with Gasteiger partial charge in [-0.2, -0.15) is 5.26 Å². The Morgan fingerprint density at radius 2 is 0.750 bits per heavy atom. The van der Waals surface area contributed by atoms with Crippen molar-refractivity contribution in [3.63, 3.8) is 0 Å². The van der Waals surface area contributed by atoms with Crippen LogP contribution in [0.15, 0.2) is 158 Å². The summed E-state index contributed by atoms with van der Waals surface area (Å²) in [5.74, 6) is 0. The van der Waals surface area contributed by atoms with E-state index < -0.39 is 0 Å². The molecular formula is C54H48N6. The fourth-order valence-electron chi connectivity index (χ4n) is 7.01. The topological polar surface area (TPSA) is 41.1 Å². The summed E-state index contributed by atoms with van der Waals surface area (Å²) in [6.45, 7) is 12.2. The summed E-state index contributed by atoms with van der Waals surface area (Å²) in [5, 5.41) is 10.2. The number of nitriles is 1. The summed E-state index contributed by atoms with van der Waals surface area (Å²) in [4.78, 5) is 12.5. The zero-order chi connectivity index (χ0) is 42.2. The number of hydrogen-bond acceptors (Lipinski definition) is 5. The third-order valence-corrected chi connectivity index (χ3v) is 10.5. The van der Waals surface area contributed by atoms with Gasteiger partial charge in [0.25, 0.3) is 0 Å². The average Bonchev–Trinajstić information content (AvgIpc) is 3.27. The van der Waals surface area contributed by atoms with E-state index in [2.05, 4.69) is 190 Å². The molecule has 6 nitrogen and oxygen atoms in total. The number of anilines is 8. The van der Waals surface area contributed by atoms with Gasteiger partial charge in [0.1, 0.15) is 0 Å². The van der Waals surface area contributed by atoms with Gasteiger partial charge in [-0.25, -0.2) is 4.85 Å². The molecule has 0 unspecified atom stereocenters. The molecule has 0 fully saturated rings. The smallest absolute Gasteiger partial charge is 0.194 e. The first-order valence-electron chi connectivity index (χ1n) is 19.9. The molecule has 7 aromatic rings. The molecule has 0 saturated carbocycles. The Balaban J connectivity index is 1.11. The molecule has 60 heavy (non-hydrogen) atoms. The zero-order valence-corrected chi connectivity index (χ0v) is 35.0. The van der Waals surface area contributed by atoms with Gasteiger partial charge >= 0.3 is 0 Å². The first kappa shape index (κ1) is 40.4. The van der Waals surface area contributed by atoms with Gasteiger partial charge in [-0.05, 0) is 145 Å². The average molecular weight is 781 g/mol. The van der Waals surface area contributed by atoms with Crippen molar-refractivity contribution < 1.29 is 0 Å². The molecule has 7 aromatic carbocycles. The normalized spacial score (nSPS) is 11.0. The van der Waals surface area contributed by atoms with E-state index in [1.54, 1.807) is 12.1 Å². The monoisotopic (exact) mass is 780 g/mol. The molecule has 0 aliphatic rings. The Kier molecular flexibility index (Phi) is 12.3.